The van der Waals surface area contributed by atoms with Crippen molar-refractivity contribution in [3.8, 4) is 0 Å². The number of nitrogens with zero attached hydrogens (tertiary/aromatic N) is 1. The highest BCUT2D eigenvalue weighted by atomic mass is 79.9. The van der Waals surface area contributed by atoms with Crippen molar-refractivity contribution in [3.05, 3.63) is 37.3 Å². The van der Waals surface area contributed by atoms with Crippen LogP contribution in [0.5, 0.6) is 0 Å². The third kappa shape index (κ3) is 1.99. The molecule has 1 aromatic rings. The average molecular weight is 266 g/mol. The molecule has 0 aliphatic rings. The lowest BCUT2D eigenvalue weighted by Crippen LogP contribution is -1.97. The fourth-order valence-electron chi connectivity index (χ4n) is 0.931. The lowest BCUT2D eigenvalue weighted by molar-refractivity contribution is -0.385. The molecular weight excluding hydrogens is 261 g/mol. The highest BCUT2D eigenvalue weighted by molar-refractivity contribution is 9.10. The molecule has 0 saturated heterocycles. The maximum Gasteiger partial charge on any atom is 0.294 e. The van der Waals surface area contributed by atoms with Crippen LogP contribution in [0.1, 0.15) is 5.56 Å². The van der Waals surface area contributed by atoms with Crippen molar-refractivity contribution in [1.29, 1.82) is 0 Å². The van der Waals surface area contributed by atoms with E-state index in [2.05, 4.69) is 15.9 Å². The van der Waals surface area contributed by atoms with Gasteiger partial charge in [0.25, 0.3) is 5.69 Å². The Labute approximate surface area is 87.4 Å². The molecule has 0 unspecified atom stereocenters. The number of aliphatic hydroxyl groups is 1. The van der Waals surface area contributed by atoms with Gasteiger partial charge in [-0.1, -0.05) is 27.5 Å². The minimum atomic E-state index is -0.612. The van der Waals surface area contributed by atoms with Crippen molar-refractivity contribution >= 4 is 33.2 Å². The van der Waals surface area contributed by atoms with E-state index in [9.17, 15) is 10.1 Å². The minimum absolute atomic E-state index is 0.0252. The second-order valence-electron chi connectivity index (χ2n) is 2.27. The first-order chi connectivity index (χ1) is 6.07. The van der Waals surface area contributed by atoms with Gasteiger partial charge >= 0.3 is 0 Å². The van der Waals surface area contributed by atoms with E-state index in [1.54, 1.807) is 6.07 Å². The fourth-order valence-corrected chi connectivity index (χ4v) is 1.62. The zero-order valence-corrected chi connectivity index (χ0v) is 8.67. The molecule has 0 heterocycles. The quantitative estimate of drug-likeness (QED) is 0.661. The van der Waals surface area contributed by atoms with E-state index >= 15 is 0 Å². The zero-order chi connectivity index (χ0) is 10.0. The van der Waals surface area contributed by atoms with Gasteiger partial charge in [0.05, 0.1) is 17.1 Å². The van der Waals surface area contributed by atoms with Gasteiger partial charge in [-0.15, -0.1) is 0 Å². The number of halogens is 2. The van der Waals surface area contributed by atoms with Crippen LogP contribution in [0.2, 0.25) is 5.02 Å². The molecule has 0 aromatic heterocycles. The lowest BCUT2D eigenvalue weighted by Gasteiger charge is -2.03. The Hall–Kier alpha value is -0.650. The smallest absolute Gasteiger partial charge is 0.294 e. The van der Waals surface area contributed by atoms with Crippen molar-refractivity contribution in [3.63, 3.8) is 0 Å². The standard InChI is InChI=1S/C7H5BrClNO3/c8-5-1-2-6(9)7(10(12)13)4(5)3-11/h1-2,11H,3H2. The average Bonchev–Trinajstić information content (AvgIpc) is 2.07. The Morgan fingerprint density at radius 1 is 1.62 bits per heavy atom. The van der Waals surface area contributed by atoms with Gasteiger partial charge in [-0.05, 0) is 12.1 Å². The molecular formula is C7H5BrClNO3. The number of nitro groups is 1. The summed E-state index contributed by atoms with van der Waals surface area (Å²) < 4.78 is 0.478. The number of nitro benzene ring substituents is 1. The van der Waals surface area contributed by atoms with Gasteiger partial charge in [-0.3, -0.25) is 10.1 Å². The van der Waals surface area contributed by atoms with Crippen molar-refractivity contribution < 1.29 is 10.0 Å². The first-order valence-corrected chi connectivity index (χ1v) is 4.47. The van der Waals surface area contributed by atoms with Crippen LogP contribution in [-0.2, 0) is 6.61 Å². The second kappa shape index (κ2) is 4.04. The summed E-state index contributed by atoms with van der Waals surface area (Å²) in [7, 11) is 0. The number of benzene rings is 1. The highest BCUT2D eigenvalue weighted by Crippen LogP contribution is 2.33. The van der Waals surface area contributed by atoms with Crippen LogP contribution in [-0.4, -0.2) is 10.0 Å². The molecule has 1 N–H and O–H groups in total. The first kappa shape index (κ1) is 10.4. The summed E-state index contributed by atoms with van der Waals surface area (Å²) in [5.41, 5.74) is -0.0592. The maximum atomic E-state index is 10.5. The van der Waals surface area contributed by atoms with E-state index in [-0.39, 0.29) is 16.3 Å². The third-order valence-corrected chi connectivity index (χ3v) is 2.56. The van der Waals surface area contributed by atoms with Crippen molar-refractivity contribution in [2.75, 3.05) is 0 Å². The van der Waals surface area contributed by atoms with Crippen LogP contribution < -0.4 is 0 Å². The Balaban J connectivity index is 3.43. The molecule has 0 aliphatic heterocycles. The molecule has 1 rings (SSSR count). The van der Waals surface area contributed by atoms with E-state index in [0.29, 0.717) is 4.47 Å². The molecule has 0 spiro atoms. The largest absolute Gasteiger partial charge is 0.391 e. The van der Waals surface area contributed by atoms with Crippen molar-refractivity contribution in [2.24, 2.45) is 0 Å². The van der Waals surface area contributed by atoms with Crippen LogP contribution in [0.25, 0.3) is 0 Å². The van der Waals surface area contributed by atoms with Gasteiger partial charge in [0.1, 0.15) is 5.02 Å². The zero-order valence-electron chi connectivity index (χ0n) is 6.33. The third-order valence-electron chi connectivity index (χ3n) is 1.52. The summed E-state index contributed by atoms with van der Waals surface area (Å²) in [6.45, 7) is -0.419. The second-order valence-corrected chi connectivity index (χ2v) is 3.53. The molecule has 0 radical (unpaired) electrons. The predicted octanol–water partition coefficient (Wildman–Crippen LogP) is 2.50. The first-order valence-electron chi connectivity index (χ1n) is 3.30. The molecule has 0 aliphatic carbocycles. The van der Waals surface area contributed by atoms with Gasteiger partial charge in [0.15, 0.2) is 0 Å². The van der Waals surface area contributed by atoms with Crippen LogP contribution in [0.15, 0.2) is 16.6 Å². The molecule has 0 saturated carbocycles. The van der Waals surface area contributed by atoms with Crippen LogP contribution in [0, 0.1) is 10.1 Å². The van der Waals surface area contributed by atoms with Gasteiger partial charge in [-0.25, -0.2) is 0 Å². The number of hydrogen-bond donors (Lipinski definition) is 1. The van der Waals surface area contributed by atoms with E-state index in [0.717, 1.165) is 0 Å². The monoisotopic (exact) mass is 265 g/mol. The SMILES string of the molecule is O=[N+]([O-])c1c(Cl)ccc(Br)c1CO. The van der Waals surface area contributed by atoms with E-state index in [4.69, 9.17) is 16.7 Å². The molecule has 0 amide bonds. The molecule has 6 heteroatoms. The summed E-state index contributed by atoms with van der Waals surface area (Å²) in [6.07, 6.45) is 0. The molecule has 70 valence electrons. The normalized spacial score (nSPS) is 10.1. The Kier molecular flexibility index (Phi) is 3.24. The van der Waals surface area contributed by atoms with Gasteiger partial charge in [0.2, 0.25) is 0 Å². The highest BCUT2D eigenvalue weighted by Gasteiger charge is 2.20. The van der Waals surface area contributed by atoms with Crippen LogP contribution in [0.4, 0.5) is 5.69 Å². The lowest BCUT2D eigenvalue weighted by atomic mass is 10.2. The summed E-state index contributed by atoms with van der Waals surface area (Å²) >= 11 is 8.69. The predicted molar refractivity (Wildman–Crippen MR) is 51.7 cm³/mol. The van der Waals surface area contributed by atoms with Gasteiger partial charge < -0.3 is 5.11 Å². The van der Waals surface area contributed by atoms with Crippen LogP contribution in [0.3, 0.4) is 0 Å². The fraction of sp³-hybridized carbons (Fsp3) is 0.143. The summed E-state index contributed by atoms with van der Waals surface area (Å²) in [5.74, 6) is 0. The number of aliphatic hydroxyl groups excluding tert-OH is 1. The van der Waals surface area contributed by atoms with Crippen molar-refractivity contribution in [2.45, 2.75) is 6.61 Å². The number of rotatable bonds is 2. The molecule has 13 heavy (non-hydrogen) atoms. The molecule has 1 aromatic carbocycles. The molecule has 4 nitrogen and oxygen atoms in total. The molecule has 0 fully saturated rings. The summed E-state index contributed by atoms with van der Waals surface area (Å²) in [5, 5.41) is 19.4. The van der Waals surface area contributed by atoms with Gasteiger partial charge in [0, 0.05) is 4.47 Å². The van der Waals surface area contributed by atoms with Crippen LogP contribution >= 0.6 is 27.5 Å². The summed E-state index contributed by atoms with van der Waals surface area (Å²) in [4.78, 5) is 9.93. The maximum absolute atomic E-state index is 10.5. The van der Waals surface area contributed by atoms with Gasteiger partial charge in [-0.2, -0.15) is 0 Å². The Morgan fingerprint density at radius 2 is 2.23 bits per heavy atom. The van der Waals surface area contributed by atoms with Crippen molar-refractivity contribution in [1.82, 2.24) is 0 Å². The number of hydrogen-bond acceptors (Lipinski definition) is 3. The van der Waals surface area contributed by atoms with E-state index < -0.39 is 11.5 Å². The topological polar surface area (TPSA) is 63.4 Å². The molecule has 0 bridgehead atoms. The van der Waals surface area contributed by atoms with E-state index in [1.807, 2.05) is 0 Å². The summed E-state index contributed by atoms with van der Waals surface area (Å²) in [6, 6.07) is 2.96. The molecule has 0 atom stereocenters. The Bertz CT molecular complexity index is 356. The Morgan fingerprint density at radius 3 is 2.62 bits per heavy atom. The minimum Gasteiger partial charge on any atom is -0.391 e. The van der Waals surface area contributed by atoms with E-state index in [1.165, 1.54) is 6.07 Å².